The molecule has 0 aliphatic rings. The highest BCUT2D eigenvalue weighted by molar-refractivity contribution is 6.30. The molecule has 0 bridgehead atoms. The number of pyridine rings is 2. The van der Waals surface area contributed by atoms with Crippen LogP contribution < -0.4 is 5.56 Å². The van der Waals surface area contributed by atoms with Crippen LogP contribution in [0.4, 0.5) is 0 Å². The maximum Gasteiger partial charge on any atom is 0.373 e. The number of carbonyl (C=O) groups excluding carboxylic acids is 3. The first-order valence-corrected chi connectivity index (χ1v) is 12.5. The first-order valence-electron chi connectivity index (χ1n) is 12.1. The SMILES string of the molecule is Cc1cc(-c2ccc(C(=O)OC(C)C)cc2)[nH]c(=O)c1C#N.Cc1cc(-c2ccccc2)nc(Cl)c1C#N.O=C=O. The molecule has 4 rings (SSSR count). The van der Waals surface area contributed by atoms with Crippen LogP contribution in [0.5, 0.6) is 0 Å². The van der Waals surface area contributed by atoms with Crippen molar-refractivity contribution in [3.8, 4) is 34.7 Å². The lowest BCUT2D eigenvalue weighted by Crippen LogP contribution is -2.13. The van der Waals surface area contributed by atoms with Gasteiger partial charge in [0.05, 0.1) is 22.9 Å². The van der Waals surface area contributed by atoms with E-state index in [4.69, 9.17) is 36.5 Å². The second-order valence-corrected chi connectivity index (χ2v) is 9.12. The highest BCUT2D eigenvalue weighted by atomic mass is 35.5. The summed E-state index contributed by atoms with van der Waals surface area (Å²) in [4.78, 5) is 46.7. The highest BCUT2D eigenvalue weighted by Gasteiger charge is 2.11. The standard InChI is InChI=1S/C17H16N2O3.C13H9ClN2.CO2/c1-10(2)22-17(21)13-6-4-12(5-7-13)15-8-11(3)14(9-18)16(20)19-15;1-9-7-12(10-5-3-2-4-6-10)16-13(14)11(9)8-15;2-1-3/h4-8,10H,1-3H3,(H,19,20);2-7H,1H3;. The van der Waals surface area contributed by atoms with Gasteiger partial charge in [0.25, 0.3) is 5.56 Å². The predicted octanol–water partition coefficient (Wildman–Crippen LogP) is 5.79. The Labute approximate surface area is 241 Å². The van der Waals surface area contributed by atoms with Crippen LogP contribution in [0.15, 0.2) is 71.5 Å². The summed E-state index contributed by atoms with van der Waals surface area (Å²) in [5.41, 5.74) is 5.20. The van der Waals surface area contributed by atoms with Gasteiger partial charge in [-0.05, 0) is 68.7 Å². The minimum absolute atomic E-state index is 0.112. The Hall–Kier alpha value is -5.34. The number of ether oxygens (including phenoxy) is 1. The summed E-state index contributed by atoms with van der Waals surface area (Å²) in [7, 11) is 0. The van der Waals surface area contributed by atoms with E-state index in [1.54, 1.807) is 51.1 Å². The molecule has 0 saturated heterocycles. The van der Waals surface area contributed by atoms with Crippen molar-refractivity contribution in [3.05, 3.63) is 110 Å². The van der Waals surface area contributed by atoms with Crippen LogP contribution in [-0.2, 0) is 14.3 Å². The largest absolute Gasteiger partial charge is 0.459 e. The van der Waals surface area contributed by atoms with Crippen LogP contribution in [0.25, 0.3) is 22.5 Å². The quantitative estimate of drug-likeness (QED) is 0.240. The highest BCUT2D eigenvalue weighted by Crippen LogP contribution is 2.24. The number of H-pyrrole nitrogens is 1. The Kier molecular flexibility index (Phi) is 11.9. The van der Waals surface area contributed by atoms with Crippen LogP contribution in [0, 0.1) is 36.5 Å². The molecule has 0 spiro atoms. The average Bonchev–Trinajstić information content (AvgIpc) is 2.94. The zero-order valence-corrected chi connectivity index (χ0v) is 23.4. The minimum atomic E-state index is -0.416. The maximum atomic E-state index is 11.8. The van der Waals surface area contributed by atoms with Gasteiger partial charge < -0.3 is 9.72 Å². The normalized spacial score (nSPS) is 9.56. The third-order valence-corrected chi connectivity index (χ3v) is 5.74. The number of hydrogen-bond donors (Lipinski definition) is 1. The minimum Gasteiger partial charge on any atom is -0.459 e. The Morgan fingerprint density at radius 2 is 1.46 bits per heavy atom. The molecule has 41 heavy (non-hydrogen) atoms. The van der Waals surface area contributed by atoms with Crippen molar-refractivity contribution in [3.63, 3.8) is 0 Å². The smallest absolute Gasteiger partial charge is 0.373 e. The van der Waals surface area contributed by atoms with Crippen molar-refractivity contribution in [2.45, 2.75) is 33.8 Å². The van der Waals surface area contributed by atoms with Gasteiger partial charge in [0.1, 0.15) is 22.9 Å². The molecule has 2 heterocycles. The number of nitrogens with one attached hydrogen (secondary N) is 1. The summed E-state index contributed by atoms with van der Waals surface area (Å²) in [6.45, 7) is 7.15. The first-order chi connectivity index (χ1) is 19.6. The van der Waals surface area contributed by atoms with Crippen LogP contribution in [-0.4, -0.2) is 28.2 Å². The fourth-order valence-electron chi connectivity index (χ4n) is 3.58. The van der Waals surface area contributed by atoms with Gasteiger partial charge in [-0.25, -0.2) is 9.78 Å². The van der Waals surface area contributed by atoms with E-state index in [1.165, 1.54) is 0 Å². The molecule has 1 N–H and O–H groups in total. The van der Waals surface area contributed by atoms with Crippen LogP contribution in [0.1, 0.15) is 46.5 Å². The molecule has 0 radical (unpaired) electrons. The first kappa shape index (κ1) is 31.9. The second-order valence-electron chi connectivity index (χ2n) is 8.76. The van der Waals surface area contributed by atoms with Gasteiger partial charge in [-0.1, -0.05) is 54.1 Å². The molecule has 4 aromatic rings. The van der Waals surface area contributed by atoms with Gasteiger partial charge in [-0.2, -0.15) is 20.1 Å². The topological polar surface area (TPSA) is 154 Å². The molecule has 9 nitrogen and oxygen atoms in total. The number of hydrogen-bond acceptors (Lipinski definition) is 8. The number of aromatic nitrogens is 2. The van der Waals surface area contributed by atoms with E-state index in [1.807, 2.05) is 55.5 Å². The van der Waals surface area contributed by atoms with Crippen molar-refractivity contribution in [2.75, 3.05) is 0 Å². The molecular formula is C31H25ClN4O5. The number of aryl methyl sites for hydroxylation is 2. The molecular weight excluding hydrogens is 544 g/mol. The summed E-state index contributed by atoms with van der Waals surface area (Å²) in [5, 5.41) is 18.1. The van der Waals surface area contributed by atoms with E-state index >= 15 is 0 Å². The fraction of sp³-hybridized carbons (Fsp3) is 0.161. The summed E-state index contributed by atoms with van der Waals surface area (Å²) in [6, 6.07) is 24.0. The number of carbonyl (C=O) groups is 1. The molecule has 2 aromatic carbocycles. The molecule has 0 amide bonds. The van der Waals surface area contributed by atoms with Gasteiger partial charge >= 0.3 is 12.1 Å². The molecule has 10 heteroatoms. The lowest BCUT2D eigenvalue weighted by Gasteiger charge is -2.09. The van der Waals surface area contributed by atoms with Crippen LogP contribution in [0.3, 0.4) is 0 Å². The summed E-state index contributed by atoms with van der Waals surface area (Å²) < 4.78 is 5.12. The molecule has 0 fully saturated rings. The summed E-state index contributed by atoms with van der Waals surface area (Å²) in [6.07, 6.45) is 0.0738. The van der Waals surface area contributed by atoms with Gasteiger partial charge in [0, 0.05) is 11.3 Å². The number of halogens is 1. The van der Waals surface area contributed by atoms with E-state index in [0.29, 0.717) is 22.4 Å². The Morgan fingerprint density at radius 1 is 0.902 bits per heavy atom. The van der Waals surface area contributed by atoms with Crippen molar-refractivity contribution in [1.82, 2.24) is 9.97 Å². The Morgan fingerprint density at radius 3 is 1.95 bits per heavy atom. The summed E-state index contributed by atoms with van der Waals surface area (Å²) >= 11 is 5.95. The number of nitrogens with zero attached hydrogens (tertiary/aromatic N) is 3. The van der Waals surface area contributed by atoms with E-state index in [-0.39, 0.29) is 28.9 Å². The van der Waals surface area contributed by atoms with Crippen molar-refractivity contribution < 1.29 is 19.1 Å². The molecule has 0 aliphatic carbocycles. The van der Waals surface area contributed by atoms with Gasteiger partial charge in [-0.15, -0.1) is 0 Å². The molecule has 206 valence electrons. The molecule has 2 aromatic heterocycles. The number of rotatable bonds is 4. The third kappa shape index (κ3) is 8.84. The second kappa shape index (κ2) is 15.3. The Bertz CT molecular complexity index is 1670. The lowest BCUT2D eigenvalue weighted by molar-refractivity contribution is -0.191. The van der Waals surface area contributed by atoms with E-state index < -0.39 is 5.56 Å². The number of esters is 1. The molecule has 0 unspecified atom stereocenters. The lowest BCUT2D eigenvalue weighted by atomic mass is 10.1. The van der Waals surface area contributed by atoms with Crippen molar-refractivity contribution in [1.29, 1.82) is 10.5 Å². The molecule has 0 aliphatic heterocycles. The van der Waals surface area contributed by atoms with Gasteiger partial charge in [0.2, 0.25) is 0 Å². The monoisotopic (exact) mass is 568 g/mol. The average molecular weight is 569 g/mol. The van der Waals surface area contributed by atoms with Crippen molar-refractivity contribution >= 4 is 23.7 Å². The maximum absolute atomic E-state index is 11.8. The predicted molar refractivity (Wildman–Crippen MR) is 152 cm³/mol. The van der Waals surface area contributed by atoms with E-state index in [2.05, 4.69) is 9.97 Å². The Balaban J connectivity index is 0.000000272. The third-order valence-electron chi connectivity index (χ3n) is 5.47. The van der Waals surface area contributed by atoms with Crippen molar-refractivity contribution in [2.24, 2.45) is 0 Å². The van der Waals surface area contributed by atoms with Gasteiger partial charge in [-0.3, -0.25) is 4.79 Å². The number of benzene rings is 2. The van der Waals surface area contributed by atoms with E-state index in [9.17, 15) is 9.59 Å². The molecule has 0 atom stereocenters. The van der Waals surface area contributed by atoms with Crippen LogP contribution >= 0.6 is 11.6 Å². The zero-order chi connectivity index (χ0) is 30.5. The van der Waals surface area contributed by atoms with Crippen LogP contribution in [0.2, 0.25) is 5.15 Å². The van der Waals surface area contributed by atoms with E-state index in [0.717, 1.165) is 22.4 Å². The van der Waals surface area contributed by atoms with Gasteiger partial charge in [0.15, 0.2) is 0 Å². The number of aromatic amines is 1. The molecule has 0 saturated carbocycles. The fourth-order valence-corrected chi connectivity index (χ4v) is 3.86. The zero-order valence-electron chi connectivity index (χ0n) is 22.7. The number of nitriles is 2. The summed E-state index contributed by atoms with van der Waals surface area (Å²) in [5.74, 6) is -0.383.